The van der Waals surface area contributed by atoms with Crippen LogP contribution in [-0.2, 0) is 0 Å². The first-order valence-electron chi connectivity index (χ1n) is 12.2. The van der Waals surface area contributed by atoms with Crippen LogP contribution >= 0.6 is 0 Å². The zero-order valence-electron chi connectivity index (χ0n) is 20.6. The van der Waals surface area contributed by atoms with Crippen LogP contribution in [0.3, 0.4) is 0 Å². The van der Waals surface area contributed by atoms with Crippen LogP contribution in [0.25, 0.3) is 27.9 Å². The van der Waals surface area contributed by atoms with Crippen molar-refractivity contribution in [3.8, 4) is 11.3 Å². The summed E-state index contributed by atoms with van der Waals surface area (Å²) in [4.78, 5) is 14.4. The van der Waals surface area contributed by atoms with Gasteiger partial charge in [0, 0.05) is 30.9 Å². The lowest BCUT2D eigenvalue weighted by molar-refractivity contribution is -0.00198. The molecular weight excluding hydrogens is 428 g/mol. The minimum Gasteiger partial charge on any atom is -0.390 e. The molecule has 0 bridgehead atoms. The molecule has 0 radical (unpaired) electrons. The van der Waals surface area contributed by atoms with Crippen LogP contribution in [-0.4, -0.2) is 52.9 Å². The summed E-state index contributed by atoms with van der Waals surface area (Å²) in [6, 6.07) is 6.61. The third-order valence-electron chi connectivity index (χ3n) is 7.16. The summed E-state index contributed by atoms with van der Waals surface area (Å²) in [7, 11) is 1.87. The van der Waals surface area contributed by atoms with Crippen molar-refractivity contribution in [2.24, 2.45) is 0 Å². The molecule has 4 aromatic rings. The molecule has 0 atom stereocenters. The van der Waals surface area contributed by atoms with E-state index in [1.54, 1.807) is 0 Å². The molecule has 0 spiro atoms. The Hall–Kier alpha value is -3.20. The summed E-state index contributed by atoms with van der Waals surface area (Å²) in [6.45, 7) is 8.36. The van der Waals surface area contributed by atoms with Crippen LogP contribution in [0.4, 0.5) is 11.8 Å². The van der Waals surface area contributed by atoms with Gasteiger partial charge in [0.1, 0.15) is 16.9 Å². The lowest BCUT2D eigenvalue weighted by Crippen LogP contribution is -2.38. The number of rotatable bonds is 6. The van der Waals surface area contributed by atoms with Crippen molar-refractivity contribution >= 4 is 28.4 Å². The predicted molar refractivity (Wildman–Crippen MR) is 135 cm³/mol. The summed E-state index contributed by atoms with van der Waals surface area (Å²) < 4.78 is 4.02. The van der Waals surface area contributed by atoms with Gasteiger partial charge in [-0.1, -0.05) is 6.92 Å². The molecule has 0 unspecified atom stereocenters. The van der Waals surface area contributed by atoms with E-state index in [9.17, 15) is 5.11 Å². The van der Waals surface area contributed by atoms with Gasteiger partial charge in [-0.3, -0.25) is 0 Å². The monoisotopic (exact) mass is 462 g/mol. The lowest BCUT2D eigenvalue weighted by Gasteiger charge is -2.35. The summed E-state index contributed by atoms with van der Waals surface area (Å²) in [5.41, 5.74) is 3.99. The highest BCUT2D eigenvalue weighted by Gasteiger charge is 2.31. The molecule has 1 aliphatic rings. The van der Waals surface area contributed by atoms with Gasteiger partial charge in [0.2, 0.25) is 5.95 Å². The van der Waals surface area contributed by atoms with E-state index in [1.807, 2.05) is 42.9 Å². The van der Waals surface area contributed by atoms with Gasteiger partial charge in [-0.05, 0) is 71.1 Å². The Morgan fingerprint density at radius 3 is 2.59 bits per heavy atom. The second kappa shape index (κ2) is 8.54. The molecule has 1 fully saturated rings. The Morgan fingerprint density at radius 1 is 1.15 bits per heavy atom. The molecule has 9 nitrogen and oxygen atoms in total. The quantitative estimate of drug-likeness (QED) is 0.385. The van der Waals surface area contributed by atoms with Gasteiger partial charge in [0.25, 0.3) is 0 Å². The van der Waals surface area contributed by atoms with Crippen LogP contribution in [0.2, 0.25) is 0 Å². The Labute approximate surface area is 199 Å². The van der Waals surface area contributed by atoms with E-state index in [1.165, 1.54) is 0 Å². The van der Waals surface area contributed by atoms with Crippen molar-refractivity contribution in [1.82, 2.24) is 29.1 Å². The van der Waals surface area contributed by atoms with E-state index < -0.39 is 5.60 Å². The van der Waals surface area contributed by atoms with E-state index >= 15 is 0 Å². The minimum absolute atomic E-state index is 0.257. The summed E-state index contributed by atoms with van der Waals surface area (Å²) in [6.07, 6.45) is 6.17. The van der Waals surface area contributed by atoms with Crippen LogP contribution in [0.5, 0.6) is 0 Å². The number of aromatic nitrogens is 6. The topological polar surface area (TPSA) is 105 Å². The first kappa shape index (κ1) is 22.6. The van der Waals surface area contributed by atoms with Crippen molar-refractivity contribution in [2.45, 2.75) is 77.5 Å². The van der Waals surface area contributed by atoms with E-state index in [0.717, 1.165) is 71.7 Å². The number of fused-ring (bicyclic) bond motifs is 2. The molecule has 34 heavy (non-hydrogen) atoms. The summed E-state index contributed by atoms with van der Waals surface area (Å²) in [5.74, 6) is 2.29. The minimum atomic E-state index is -0.522. The number of imidazole rings is 1. The first-order valence-corrected chi connectivity index (χ1v) is 12.2. The Bertz CT molecular complexity index is 1330. The van der Waals surface area contributed by atoms with Gasteiger partial charge in [-0.15, -0.1) is 5.10 Å². The standard InChI is InChI=1S/C25H34N8O/c1-6-25(34)12-9-17(10-13-25)28-24-30-22(26-5)21-18(11-14-32(21)31-24)19-7-8-20-23(29-19)33(15(2)3)16(4)27-20/h7-8,11,14-15,17,34H,6,9-10,12-13H2,1-5H3,(H2,26,28,30,31). The molecule has 0 saturated heterocycles. The molecular formula is C25H34N8O. The molecule has 4 aromatic heterocycles. The molecule has 5 rings (SSSR count). The fourth-order valence-corrected chi connectivity index (χ4v) is 5.16. The fourth-order valence-electron chi connectivity index (χ4n) is 5.16. The summed E-state index contributed by atoms with van der Waals surface area (Å²) in [5, 5.41) is 22.0. The van der Waals surface area contributed by atoms with Gasteiger partial charge < -0.3 is 20.3 Å². The maximum atomic E-state index is 10.5. The van der Waals surface area contributed by atoms with E-state index in [0.29, 0.717) is 5.95 Å². The third-order valence-corrected chi connectivity index (χ3v) is 7.16. The van der Waals surface area contributed by atoms with Gasteiger partial charge in [-0.25, -0.2) is 14.5 Å². The molecule has 3 N–H and O–H groups in total. The number of anilines is 2. The maximum absolute atomic E-state index is 10.5. The average Bonchev–Trinajstić information content (AvgIpc) is 3.39. The van der Waals surface area contributed by atoms with Gasteiger partial charge in [-0.2, -0.15) is 4.98 Å². The maximum Gasteiger partial charge on any atom is 0.243 e. The Kier molecular flexibility index (Phi) is 5.67. The van der Waals surface area contributed by atoms with E-state index in [4.69, 9.17) is 15.1 Å². The van der Waals surface area contributed by atoms with Crippen molar-refractivity contribution in [1.29, 1.82) is 0 Å². The van der Waals surface area contributed by atoms with Crippen molar-refractivity contribution in [2.75, 3.05) is 17.7 Å². The smallest absolute Gasteiger partial charge is 0.243 e. The van der Waals surface area contributed by atoms with Crippen LogP contribution in [0.1, 0.15) is 64.7 Å². The zero-order valence-corrected chi connectivity index (χ0v) is 20.6. The second-order valence-electron chi connectivity index (χ2n) is 9.72. The molecule has 0 aliphatic heterocycles. The molecule has 0 amide bonds. The number of nitrogens with one attached hydrogen (secondary N) is 2. The molecule has 9 heteroatoms. The zero-order chi connectivity index (χ0) is 24.0. The third kappa shape index (κ3) is 3.87. The van der Waals surface area contributed by atoms with E-state index in [2.05, 4.69) is 41.0 Å². The summed E-state index contributed by atoms with van der Waals surface area (Å²) >= 11 is 0. The normalized spacial score (nSPS) is 21.0. The first-order chi connectivity index (χ1) is 16.3. The number of hydrogen-bond donors (Lipinski definition) is 3. The predicted octanol–water partition coefficient (Wildman–Crippen LogP) is 4.57. The largest absolute Gasteiger partial charge is 0.390 e. The number of aryl methyl sites for hydroxylation is 1. The highest BCUT2D eigenvalue weighted by molar-refractivity contribution is 5.89. The highest BCUT2D eigenvalue weighted by atomic mass is 16.3. The number of nitrogens with zero attached hydrogens (tertiary/aromatic N) is 6. The van der Waals surface area contributed by atoms with Gasteiger partial charge in [0.05, 0.1) is 11.3 Å². The second-order valence-corrected chi connectivity index (χ2v) is 9.72. The number of pyridine rings is 1. The van der Waals surface area contributed by atoms with Crippen LogP contribution < -0.4 is 10.6 Å². The molecule has 4 heterocycles. The van der Waals surface area contributed by atoms with Crippen LogP contribution in [0.15, 0.2) is 24.4 Å². The average molecular weight is 463 g/mol. The van der Waals surface area contributed by atoms with Gasteiger partial charge in [0.15, 0.2) is 11.5 Å². The molecule has 180 valence electrons. The number of hydrogen-bond acceptors (Lipinski definition) is 7. The van der Waals surface area contributed by atoms with Crippen molar-refractivity contribution in [3.05, 3.63) is 30.2 Å². The van der Waals surface area contributed by atoms with Crippen LogP contribution in [0, 0.1) is 6.92 Å². The molecule has 0 aromatic carbocycles. The van der Waals surface area contributed by atoms with E-state index in [-0.39, 0.29) is 12.1 Å². The molecule has 1 saturated carbocycles. The highest BCUT2D eigenvalue weighted by Crippen LogP contribution is 2.33. The fraction of sp³-hybridized carbons (Fsp3) is 0.520. The Morgan fingerprint density at radius 2 is 1.91 bits per heavy atom. The lowest BCUT2D eigenvalue weighted by atomic mass is 9.80. The molecule has 1 aliphatic carbocycles. The Balaban J connectivity index is 1.49. The van der Waals surface area contributed by atoms with Gasteiger partial charge >= 0.3 is 0 Å². The number of aliphatic hydroxyl groups is 1. The van der Waals surface area contributed by atoms with Crippen molar-refractivity contribution < 1.29 is 5.11 Å². The SMILES string of the molecule is CCC1(O)CCC(Nc2nc(NC)c3c(-c4ccc5nc(C)n(C(C)C)c5n4)ccn3n2)CC1. The van der Waals surface area contributed by atoms with Crippen molar-refractivity contribution in [3.63, 3.8) is 0 Å².